The Morgan fingerprint density at radius 2 is 2.05 bits per heavy atom. The molecule has 2 N–H and O–H groups in total. The molecule has 2 rings (SSSR count). The standard InChI is InChI=1S/C15H14ClFN2O/c1-2-13(11-9-10(17)7-8-15(11)20)18-19-14-6-4-3-5-12(14)16/h3-9,19-20H,2H2,1H3/b18-13+. The predicted octanol–water partition coefficient (Wildman–Crippen LogP) is 4.41. The van der Waals surface area contributed by atoms with E-state index in [1.54, 1.807) is 12.1 Å². The van der Waals surface area contributed by atoms with Gasteiger partial charge in [0.15, 0.2) is 0 Å². The highest BCUT2D eigenvalue weighted by Crippen LogP contribution is 2.23. The van der Waals surface area contributed by atoms with Crippen LogP contribution in [0, 0.1) is 5.82 Å². The highest BCUT2D eigenvalue weighted by atomic mass is 35.5. The van der Waals surface area contributed by atoms with E-state index in [4.69, 9.17) is 11.6 Å². The highest BCUT2D eigenvalue weighted by molar-refractivity contribution is 6.33. The van der Waals surface area contributed by atoms with Crippen LogP contribution in [0.5, 0.6) is 5.75 Å². The first-order valence-electron chi connectivity index (χ1n) is 6.17. The Balaban J connectivity index is 2.30. The van der Waals surface area contributed by atoms with Crippen LogP contribution in [0.1, 0.15) is 18.9 Å². The number of hydrogen-bond donors (Lipinski definition) is 2. The molecule has 0 atom stereocenters. The van der Waals surface area contributed by atoms with Crippen LogP contribution in [-0.4, -0.2) is 10.8 Å². The fourth-order valence-corrected chi connectivity index (χ4v) is 1.93. The number of aromatic hydroxyl groups is 1. The third-order valence-corrected chi connectivity index (χ3v) is 3.12. The maximum absolute atomic E-state index is 13.3. The molecule has 0 aliphatic carbocycles. The van der Waals surface area contributed by atoms with Crippen LogP contribution < -0.4 is 5.43 Å². The number of anilines is 1. The molecule has 0 unspecified atom stereocenters. The molecule has 0 aliphatic rings. The van der Waals surface area contributed by atoms with Crippen LogP contribution in [0.4, 0.5) is 10.1 Å². The lowest BCUT2D eigenvalue weighted by Crippen LogP contribution is -2.04. The maximum Gasteiger partial charge on any atom is 0.124 e. The molecule has 0 aliphatic heterocycles. The Kier molecular flexibility index (Phi) is 4.58. The summed E-state index contributed by atoms with van der Waals surface area (Å²) < 4.78 is 13.3. The molecule has 2 aromatic rings. The zero-order chi connectivity index (χ0) is 14.5. The average molecular weight is 293 g/mol. The van der Waals surface area contributed by atoms with E-state index in [1.165, 1.54) is 18.2 Å². The summed E-state index contributed by atoms with van der Waals surface area (Å²) in [5.74, 6) is -0.426. The number of nitrogens with zero attached hydrogens (tertiary/aromatic N) is 1. The summed E-state index contributed by atoms with van der Waals surface area (Å²) in [7, 11) is 0. The van der Waals surface area contributed by atoms with E-state index in [0.717, 1.165) is 0 Å². The molecule has 0 amide bonds. The number of benzene rings is 2. The van der Waals surface area contributed by atoms with Crippen molar-refractivity contribution in [1.29, 1.82) is 0 Å². The van der Waals surface area contributed by atoms with E-state index < -0.39 is 5.82 Å². The minimum Gasteiger partial charge on any atom is -0.507 e. The molecule has 0 heterocycles. The van der Waals surface area contributed by atoms with E-state index in [0.29, 0.717) is 28.4 Å². The van der Waals surface area contributed by atoms with Crippen LogP contribution in [0.15, 0.2) is 47.6 Å². The summed E-state index contributed by atoms with van der Waals surface area (Å²) in [6, 6.07) is 10.9. The number of phenols is 1. The third kappa shape index (κ3) is 3.27. The Morgan fingerprint density at radius 1 is 1.30 bits per heavy atom. The first kappa shape index (κ1) is 14.3. The fourth-order valence-electron chi connectivity index (χ4n) is 1.75. The highest BCUT2D eigenvalue weighted by Gasteiger charge is 2.09. The molecular weight excluding hydrogens is 279 g/mol. The van der Waals surface area contributed by atoms with Gasteiger partial charge in [-0.3, -0.25) is 5.43 Å². The Morgan fingerprint density at radius 3 is 2.75 bits per heavy atom. The van der Waals surface area contributed by atoms with Crippen molar-refractivity contribution in [3.63, 3.8) is 0 Å². The second-order valence-corrected chi connectivity index (χ2v) is 4.57. The zero-order valence-electron chi connectivity index (χ0n) is 10.9. The van der Waals surface area contributed by atoms with Gasteiger partial charge < -0.3 is 5.11 Å². The second kappa shape index (κ2) is 6.39. The monoisotopic (exact) mass is 292 g/mol. The molecule has 20 heavy (non-hydrogen) atoms. The van der Waals surface area contributed by atoms with Gasteiger partial charge in [-0.15, -0.1) is 0 Å². The first-order chi connectivity index (χ1) is 9.61. The Labute approximate surface area is 121 Å². The maximum atomic E-state index is 13.3. The molecule has 2 aromatic carbocycles. The minimum absolute atomic E-state index is 0.00652. The van der Waals surface area contributed by atoms with Crippen LogP contribution in [0.3, 0.4) is 0 Å². The van der Waals surface area contributed by atoms with Gasteiger partial charge in [0.25, 0.3) is 0 Å². The van der Waals surface area contributed by atoms with Gasteiger partial charge in [0.1, 0.15) is 11.6 Å². The van der Waals surface area contributed by atoms with Crippen LogP contribution in [-0.2, 0) is 0 Å². The summed E-state index contributed by atoms with van der Waals surface area (Å²) in [4.78, 5) is 0. The van der Waals surface area contributed by atoms with Gasteiger partial charge in [-0.25, -0.2) is 4.39 Å². The Bertz CT molecular complexity index is 644. The van der Waals surface area contributed by atoms with E-state index >= 15 is 0 Å². The van der Waals surface area contributed by atoms with E-state index in [2.05, 4.69) is 10.5 Å². The molecule has 5 heteroatoms. The van der Waals surface area contributed by atoms with Crippen molar-refractivity contribution in [1.82, 2.24) is 0 Å². The van der Waals surface area contributed by atoms with E-state index in [9.17, 15) is 9.50 Å². The molecule has 104 valence electrons. The van der Waals surface area contributed by atoms with Gasteiger partial charge >= 0.3 is 0 Å². The molecular formula is C15H14ClFN2O. The van der Waals surface area contributed by atoms with Crippen molar-refractivity contribution >= 4 is 23.0 Å². The molecule has 0 saturated carbocycles. The number of para-hydroxylation sites is 1. The van der Waals surface area contributed by atoms with Crippen molar-refractivity contribution in [2.75, 3.05) is 5.43 Å². The SMILES string of the molecule is CC/C(=N\Nc1ccccc1Cl)c1cc(F)ccc1O. The van der Waals surface area contributed by atoms with Crippen LogP contribution in [0.25, 0.3) is 0 Å². The van der Waals surface area contributed by atoms with Crippen molar-refractivity contribution in [2.24, 2.45) is 5.10 Å². The molecule has 0 aromatic heterocycles. The molecule has 3 nitrogen and oxygen atoms in total. The smallest absolute Gasteiger partial charge is 0.124 e. The third-order valence-electron chi connectivity index (χ3n) is 2.79. The van der Waals surface area contributed by atoms with Gasteiger partial charge in [0.05, 0.1) is 16.4 Å². The number of halogens is 2. The molecule has 0 saturated heterocycles. The van der Waals surface area contributed by atoms with Crippen LogP contribution in [0.2, 0.25) is 5.02 Å². The second-order valence-electron chi connectivity index (χ2n) is 4.17. The first-order valence-corrected chi connectivity index (χ1v) is 6.55. The normalized spacial score (nSPS) is 11.4. The lowest BCUT2D eigenvalue weighted by atomic mass is 10.1. The van der Waals surface area contributed by atoms with Gasteiger partial charge in [-0.2, -0.15) is 5.10 Å². The number of hydrogen-bond acceptors (Lipinski definition) is 3. The molecule has 0 bridgehead atoms. The van der Waals surface area contributed by atoms with Crippen LogP contribution >= 0.6 is 11.6 Å². The number of phenolic OH excluding ortho intramolecular Hbond substituents is 1. The minimum atomic E-state index is -0.420. The summed E-state index contributed by atoms with van der Waals surface area (Å²) >= 11 is 6.01. The Hall–Kier alpha value is -2.07. The number of hydrazone groups is 1. The van der Waals surface area contributed by atoms with Crippen molar-refractivity contribution in [3.05, 3.63) is 58.9 Å². The van der Waals surface area contributed by atoms with Crippen molar-refractivity contribution in [3.8, 4) is 5.75 Å². The molecule has 0 spiro atoms. The fraction of sp³-hybridized carbons (Fsp3) is 0.133. The zero-order valence-corrected chi connectivity index (χ0v) is 11.7. The lowest BCUT2D eigenvalue weighted by molar-refractivity contribution is 0.471. The summed E-state index contributed by atoms with van der Waals surface area (Å²) in [5.41, 5.74) is 4.39. The average Bonchev–Trinajstić information content (AvgIpc) is 2.45. The van der Waals surface area contributed by atoms with E-state index in [1.807, 2.05) is 19.1 Å². The molecule has 0 radical (unpaired) electrons. The summed E-state index contributed by atoms with van der Waals surface area (Å²) in [6.07, 6.45) is 0.536. The summed E-state index contributed by atoms with van der Waals surface area (Å²) in [5, 5.41) is 14.5. The predicted molar refractivity (Wildman–Crippen MR) is 80.0 cm³/mol. The lowest BCUT2D eigenvalue weighted by Gasteiger charge is -2.09. The van der Waals surface area contributed by atoms with E-state index in [-0.39, 0.29) is 5.75 Å². The quantitative estimate of drug-likeness (QED) is 0.647. The van der Waals surface area contributed by atoms with Gasteiger partial charge in [0.2, 0.25) is 0 Å². The summed E-state index contributed by atoms with van der Waals surface area (Å²) in [6.45, 7) is 1.87. The van der Waals surface area contributed by atoms with Gasteiger partial charge in [0, 0.05) is 5.56 Å². The molecule has 0 fully saturated rings. The topological polar surface area (TPSA) is 44.6 Å². The number of rotatable bonds is 4. The number of nitrogens with one attached hydrogen (secondary N) is 1. The van der Waals surface area contributed by atoms with Crippen molar-refractivity contribution < 1.29 is 9.50 Å². The largest absolute Gasteiger partial charge is 0.507 e. The van der Waals surface area contributed by atoms with Gasteiger partial charge in [-0.05, 0) is 36.8 Å². The van der Waals surface area contributed by atoms with Gasteiger partial charge in [-0.1, -0.05) is 30.7 Å². The van der Waals surface area contributed by atoms with Crippen molar-refractivity contribution in [2.45, 2.75) is 13.3 Å².